The normalized spacial score (nSPS) is 11.3. The smallest absolute Gasteiger partial charge is 0.236 e. The number of hydrogen-bond donors (Lipinski definition) is 2. The van der Waals surface area contributed by atoms with Crippen molar-refractivity contribution in [2.24, 2.45) is 5.73 Å². The number of nitrogens with two attached hydrogens (primary N) is 1. The Labute approximate surface area is 119 Å². The summed E-state index contributed by atoms with van der Waals surface area (Å²) >= 11 is 0. The van der Waals surface area contributed by atoms with Crippen LogP contribution in [-0.2, 0) is 22.3 Å². The lowest BCUT2D eigenvalue weighted by molar-refractivity contribution is 0.600. The van der Waals surface area contributed by atoms with Crippen molar-refractivity contribution in [2.45, 2.75) is 19.2 Å². The van der Waals surface area contributed by atoms with Crippen molar-refractivity contribution < 1.29 is 8.42 Å². The van der Waals surface area contributed by atoms with Crippen molar-refractivity contribution in [3.05, 3.63) is 65.2 Å². The highest BCUT2D eigenvalue weighted by Gasteiger charge is 2.11. The molecule has 0 unspecified atom stereocenters. The average Bonchev–Trinajstić information content (AvgIpc) is 2.38. The first-order valence-corrected chi connectivity index (χ1v) is 7.99. The number of aryl methyl sites for hydroxylation is 1. The predicted octanol–water partition coefficient (Wildman–Crippen LogP) is 2.40. The van der Waals surface area contributed by atoms with E-state index in [9.17, 15) is 8.42 Å². The SMILES string of the molecule is Cc1cccc(NS(=O)(=O)Cc2ccc(CN)cc2)c1. The largest absolute Gasteiger partial charge is 0.326 e. The maximum atomic E-state index is 12.1. The van der Waals surface area contributed by atoms with Gasteiger partial charge < -0.3 is 5.73 Å². The Morgan fingerprint density at radius 2 is 1.70 bits per heavy atom. The van der Waals surface area contributed by atoms with Gasteiger partial charge in [0.05, 0.1) is 5.75 Å². The second-order valence-corrected chi connectivity index (χ2v) is 6.47. The van der Waals surface area contributed by atoms with E-state index in [1.807, 2.05) is 31.2 Å². The Balaban J connectivity index is 2.10. The van der Waals surface area contributed by atoms with Crippen LogP contribution in [-0.4, -0.2) is 8.42 Å². The van der Waals surface area contributed by atoms with Crippen LogP contribution in [0, 0.1) is 6.92 Å². The molecule has 20 heavy (non-hydrogen) atoms. The number of sulfonamides is 1. The molecule has 0 amide bonds. The summed E-state index contributed by atoms with van der Waals surface area (Å²) in [6, 6.07) is 14.5. The van der Waals surface area contributed by atoms with Gasteiger partial charge in [-0.3, -0.25) is 4.72 Å². The molecule has 0 heterocycles. The van der Waals surface area contributed by atoms with Crippen molar-refractivity contribution in [3.8, 4) is 0 Å². The van der Waals surface area contributed by atoms with Crippen LogP contribution < -0.4 is 10.5 Å². The zero-order valence-corrected chi connectivity index (χ0v) is 12.2. The van der Waals surface area contributed by atoms with Gasteiger partial charge in [-0.25, -0.2) is 8.42 Å². The van der Waals surface area contributed by atoms with Crippen LogP contribution in [0.1, 0.15) is 16.7 Å². The van der Waals surface area contributed by atoms with Crippen LogP contribution in [0.25, 0.3) is 0 Å². The molecule has 0 atom stereocenters. The van der Waals surface area contributed by atoms with E-state index in [2.05, 4.69) is 4.72 Å². The number of anilines is 1. The third-order valence-electron chi connectivity index (χ3n) is 2.91. The van der Waals surface area contributed by atoms with Gasteiger partial charge in [0.1, 0.15) is 0 Å². The maximum Gasteiger partial charge on any atom is 0.236 e. The molecule has 0 saturated heterocycles. The molecule has 0 aliphatic carbocycles. The lowest BCUT2D eigenvalue weighted by Crippen LogP contribution is -2.15. The average molecular weight is 290 g/mol. The molecular weight excluding hydrogens is 272 g/mol. The van der Waals surface area contributed by atoms with Gasteiger partial charge in [0.15, 0.2) is 0 Å². The Hall–Kier alpha value is -1.85. The van der Waals surface area contributed by atoms with Gasteiger partial charge in [0.2, 0.25) is 10.0 Å². The van der Waals surface area contributed by atoms with E-state index >= 15 is 0 Å². The molecule has 4 nitrogen and oxygen atoms in total. The molecule has 0 bridgehead atoms. The van der Waals surface area contributed by atoms with E-state index in [1.54, 1.807) is 24.3 Å². The number of nitrogens with one attached hydrogen (secondary N) is 1. The monoisotopic (exact) mass is 290 g/mol. The molecular formula is C15H18N2O2S. The van der Waals surface area contributed by atoms with Gasteiger partial charge in [-0.15, -0.1) is 0 Å². The maximum absolute atomic E-state index is 12.1. The van der Waals surface area contributed by atoms with Gasteiger partial charge in [-0.2, -0.15) is 0 Å². The summed E-state index contributed by atoms with van der Waals surface area (Å²) in [5.74, 6) is -0.0498. The summed E-state index contributed by atoms with van der Waals surface area (Å²) < 4.78 is 26.8. The number of rotatable bonds is 5. The third-order valence-corrected chi connectivity index (χ3v) is 4.17. The fraction of sp³-hybridized carbons (Fsp3) is 0.200. The minimum atomic E-state index is -3.41. The molecule has 2 aromatic carbocycles. The minimum absolute atomic E-state index is 0.0498. The van der Waals surface area contributed by atoms with Crippen molar-refractivity contribution in [3.63, 3.8) is 0 Å². The number of benzene rings is 2. The lowest BCUT2D eigenvalue weighted by Gasteiger charge is -2.09. The van der Waals surface area contributed by atoms with Crippen LogP contribution in [0.3, 0.4) is 0 Å². The molecule has 2 aromatic rings. The summed E-state index contributed by atoms with van der Waals surface area (Å²) in [5, 5.41) is 0. The van der Waals surface area contributed by atoms with Crippen molar-refractivity contribution >= 4 is 15.7 Å². The van der Waals surface area contributed by atoms with Gasteiger partial charge in [0.25, 0.3) is 0 Å². The Bertz CT molecular complexity index is 679. The van der Waals surface area contributed by atoms with E-state index in [1.165, 1.54) is 0 Å². The van der Waals surface area contributed by atoms with Crippen LogP contribution in [0.5, 0.6) is 0 Å². The quantitative estimate of drug-likeness (QED) is 0.888. The highest BCUT2D eigenvalue weighted by atomic mass is 32.2. The summed E-state index contributed by atoms with van der Waals surface area (Å²) in [7, 11) is -3.41. The second-order valence-electron chi connectivity index (χ2n) is 4.75. The minimum Gasteiger partial charge on any atom is -0.326 e. The molecule has 0 aliphatic rings. The van der Waals surface area contributed by atoms with Crippen molar-refractivity contribution in [1.82, 2.24) is 0 Å². The third kappa shape index (κ3) is 4.08. The molecule has 5 heteroatoms. The molecule has 0 fully saturated rings. The van der Waals surface area contributed by atoms with Crippen LogP contribution in [0.2, 0.25) is 0 Å². The molecule has 0 spiro atoms. The Kier molecular flexibility index (Phi) is 4.42. The van der Waals surface area contributed by atoms with E-state index < -0.39 is 10.0 Å². The van der Waals surface area contributed by atoms with Crippen LogP contribution in [0.4, 0.5) is 5.69 Å². The molecule has 106 valence electrons. The molecule has 3 N–H and O–H groups in total. The standard InChI is InChI=1S/C15H18N2O2S/c1-12-3-2-4-15(9-12)17-20(18,19)11-14-7-5-13(10-16)6-8-14/h2-9,17H,10-11,16H2,1H3. The predicted molar refractivity (Wildman–Crippen MR) is 81.8 cm³/mol. The van der Waals surface area contributed by atoms with E-state index in [0.717, 1.165) is 16.7 Å². The van der Waals surface area contributed by atoms with Crippen molar-refractivity contribution in [2.75, 3.05) is 4.72 Å². The van der Waals surface area contributed by atoms with Crippen LogP contribution >= 0.6 is 0 Å². The van der Waals surface area contributed by atoms with Gasteiger partial charge in [0, 0.05) is 12.2 Å². The summed E-state index contributed by atoms with van der Waals surface area (Å²) in [6.45, 7) is 2.37. The van der Waals surface area contributed by atoms with Crippen molar-refractivity contribution in [1.29, 1.82) is 0 Å². The van der Waals surface area contributed by atoms with Gasteiger partial charge in [-0.05, 0) is 35.7 Å². The van der Waals surface area contributed by atoms with Gasteiger partial charge >= 0.3 is 0 Å². The molecule has 0 aliphatic heterocycles. The van der Waals surface area contributed by atoms with E-state index in [0.29, 0.717) is 12.2 Å². The summed E-state index contributed by atoms with van der Waals surface area (Å²) in [6.07, 6.45) is 0. The first-order valence-electron chi connectivity index (χ1n) is 6.33. The topological polar surface area (TPSA) is 72.2 Å². The molecule has 2 rings (SSSR count). The fourth-order valence-electron chi connectivity index (χ4n) is 1.92. The fourth-order valence-corrected chi connectivity index (χ4v) is 3.10. The number of hydrogen-bond acceptors (Lipinski definition) is 3. The first kappa shape index (κ1) is 14.6. The van der Waals surface area contributed by atoms with E-state index in [4.69, 9.17) is 5.73 Å². The molecule has 0 radical (unpaired) electrons. The summed E-state index contributed by atoms with van der Waals surface area (Å²) in [4.78, 5) is 0. The second kappa shape index (κ2) is 6.07. The highest BCUT2D eigenvalue weighted by molar-refractivity contribution is 7.91. The Morgan fingerprint density at radius 3 is 2.30 bits per heavy atom. The van der Waals surface area contributed by atoms with Gasteiger partial charge in [-0.1, -0.05) is 36.4 Å². The zero-order valence-electron chi connectivity index (χ0n) is 11.3. The highest BCUT2D eigenvalue weighted by Crippen LogP contribution is 2.14. The molecule has 0 saturated carbocycles. The summed E-state index contributed by atoms with van der Waals surface area (Å²) in [5.41, 5.74) is 8.83. The first-order chi connectivity index (χ1) is 9.48. The zero-order chi connectivity index (χ0) is 14.6. The van der Waals surface area contributed by atoms with Crippen LogP contribution in [0.15, 0.2) is 48.5 Å². The van der Waals surface area contributed by atoms with E-state index in [-0.39, 0.29) is 5.75 Å². The molecule has 0 aromatic heterocycles. The Morgan fingerprint density at radius 1 is 1.05 bits per heavy atom. The lowest BCUT2D eigenvalue weighted by atomic mass is 10.1.